The zero-order valence-electron chi connectivity index (χ0n) is 12.8. The summed E-state index contributed by atoms with van der Waals surface area (Å²) in [4.78, 5) is 25.6. The Morgan fingerprint density at radius 2 is 2.00 bits per heavy atom. The van der Waals surface area contributed by atoms with Crippen LogP contribution in [0.2, 0.25) is 0 Å². The smallest absolute Gasteiger partial charge is 0.317 e. The van der Waals surface area contributed by atoms with Crippen LogP contribution in [0.1, 0.15) is 39.0 Å². The number of aliphatic carboxylic acids is 1. The van der Waals surface area contributed by atoms with E-state index in [1.165, 1.54) is 0 Å². The molecule has 2 N–H and O–H groups in total. The summed E-state index contributed by atoms with van der Waals surface area (Å²) in [6.45, 7) is 4.82. The van der Waals surface area contributed by atoms with E-state index in [4.69, 9.17) is 4.74 Å². The van der Waals surface area contributed by atoms with Crippen LogP contribution in [0.4, 0.5) is 4.79 Å². The summed E-state index contributed by atoms with van der Waals surface area (Å²) >= 11 is 0. The van der Waals surface area contributed by atoms with Crippen LogP contribution in [0.15, 0.2) is 0 Å². The first-order valence-electron chi connectivity index (χ1n) is 7.87. The average Bonchev–Trinajstić information content (AvgIpc) is 2.70. The molecule has 0 saturated carbocycles. The molecule has 0 aromatic carbocycles. The van der Waals surface area contributed by atoms with E-state index in [2.05, 4.69) is 12.2 Å². The summed E-state index contributed by atoms with van der Waals surface area (Å²) in [6, 6.07) is -0.129. The Hall–Kier alpha value is -1.30. The fraction of sp³-hybridized carbons (Fsp3) is 0.867. The highest BCUT2D eigenvalue weighted by Crippen LogP contribution is 2.30. The van der Waals surface area contributed by atoms with Crippen molar-refractivity contribution in [1.29, 1.82) is 0 Å². The second-order valence-electron chi connectivity index (χ2n) is 6.38. The van der Waals surface area contributed by atoms with E-state index in [0.29, 0.717) is 32.0 Å². The molecule has 6 nitrogen and oxygen atoms in total. The van der Waals surface area contributed by atoms with Gasteiger partial charge in [-0.25, -0.2) is 4.79 Å². The number of urea groups is 1. The van der Waals surface area contributed by atoms with E-state index in [0.717, 1.165) is 32.4 Å². The van der Waals surface area contributed by atoms with Crippen LogP contribution >= 0.6 is 0 Å². The maximum atomic E-state index is 12.3. The number of nitrogens with one attached hydrogen (secondary N) is 1. The lowest BCUT2D eigenvalue weighted by atomic mass is 9.80. The van der Waals surface area contributed by atoms with Crippen molar-refractivity contribution in [3.8, 4) is 0 Å². The monoisotopic (exact) mass is 298 g/mol. The normalized spacial score (nSPS) is 26.0. The molecule has 0 aliphatic carbocycles. The zero-order valence-corrected chi connectivity index (χ0v) is 12.8. The van der Waals surface area contributed by atoms with Crippen molar-refractivity contribution in [2.75, 3.05) is 32.8 Å². The zero-order chi connectivity index (χ0) is 15.3. The van der Waals surface area contributed by atoms with Crippen molar-refractivity contribution >= 4 is 12.0 Å². The Morgan fingerprint density at radius 1 is 1.29 bits per heavy atom. The Labute approximate surface area is 125 Å². The number of nitrogens with zero attached hydrogens (tertiary/aromatic N) is 1. The van der Waals surface area contributed by atoms with Crippen molar-refractivity contribution < 1.29 is 19.4 Å². The summed E-state index contributed by atoms with van der Waals surface area (Å²) < 4.78 is 5.24. The number of amides is 2. The van der Waals surface area contributed by atoms with Gasteiger partial charge in [-0.1, -0.05) is 6.92 Å². The second kappa shape index (κ2) is 7.11. The molecule has 2 fully saturated rings. The number of likely N-dealkylation sites (tertiary alicyclic amines) is 1. The van der Waals surface area contributed by atoms with Crippen LogP contribution in [0.25, 0.3) is 0 Å². The van der Waals surface area contributed by atoms with Gasteiger partial charge in [0.15, 0.2) is 0 Å². The third-order valence-corrected chi connectivity index (χ3v) is 4.79. The van der Waals surface area contributed by atoms with Gasteiger partial charge in [-0.2, -0.15) is 0 Å². The maximum absolute atomic E-state index is 12.3. The largest absolute Gasteiger partial charge is 0.481 e. The Bertz CT molecular complexity index is 380. The number of ether oxygens (including phenoxy) is 1. The topological polar surface area (TPSA) is 78.9 Å². The highest BCUT2D eigenvalue weighted by molar-refractivity contribution is 5.78. The second-order valence-corrected chi connectivity index (χ2v) is 6.38. The highest BCUT2D eigenvalue weighted by atomic mass is 16.5. The Balaban J connectivity index is 1.88. The third kappa shape index (κ3) is 4.09. The highest BCUT2D eigenvalue weighted by Gasteiger charge is 2.40. The van der Waals surface area contributed by atoms with Crippen molar-refractivity contribution in [1.82, 2.24) is 10.2 Å². The number of carbonyl (C=O) groups excluding carboxylic acids is 1. The summed E-state index contributed by atoms with van der Waals surface area (Å²) in [5.74, 6) is -0.181. The lowest BCUT2D eigenvalue weighted by molar-refractivity contribution is -0.154. The van der Waals surface area contributed by atoms with Crippen molar-refractivity contribution in [2.24, 2.45) is 11.3 Å². The molecule has 2 heterocycles. The van der Waals surface area contributed by atoms with Crippen molar-refractivity contribution in [3.05, 3.63) is 0 Å². The SMILES string of the molecule is CC1CCCN(C(=O)NCC2(C(=O)O)CCOCC2)CC1. The van der Waals surface area contributed by atoms with Crippen LogP contribution in [0, 0.1) is 11.3 Å². The number of hydrogen-bond acceptors (Lipinski definition) is 3. The number of hydrogen-bond donors (Lipinski definition) is 2. The Morgan fingerprint density at radius 3 is 2.67 bits per heavy atom. The molecule has 0 spiro atoms. The van der Waals surface area contributed by atoms with Gasteiger partial charge in [0.05, 0.1) is 5.41 Å². The Kier molecular flexibility index (Phi) is 5.45. The van der Waals surface area contributed by atoms with Gasteiger partial charge in [0, 0.05) is 32.8 Å². The quantitative estimate of drug-likeness (QED) is 0.831. The van der Waals surface area contributed by atoms with Gasteiger partial charge in [0.25, 0.3) is 0 Å². The summed E-state index contributed by atoms with van der Waals surface area (Å²) in [7, 11) is 0. The molecule has 0 aromatic rings. The van der Waals surface area contributed by atoms with Gasteiger partial charge < -0.3 is 20.1 Å². The molecule has 0 radical (unpaired) electrons. The lowest BCUT2D eigenvalue weighted by Crippen LogP contribution is -2.50. The maximum Gasteiger partial charge on any atom is 0.317 e. The number of rotatable bonds is 3. The standard InChI is InChI=1S/C15H26N2O4/c1-12-3-2-7-17(8-4-12)14(20)16-11-15(13(18)19)5-9-21-10-6-15/h12H,2-11H2,1H3,(H,16,20)(H,18,19). The first-order valence-corrected chi connectivity index (χ1v) is 7.87. The molecule has 0 bridgehead atoms. The van der Waals surface area contributed by atoms with E-state index in [1.807, 2.05) is 4.90 Å². The number of carboxylic acids is 1. The fourth-order valence-corrected chi connectivity index (χ4v) is 3.05. The van der Waals surface area contributed by atoms with Gasteiger partial charge in [-0.15, -0.1) is 0 Å². The summed E-state index contributed by atoms with van der Waals surface area (Å²) in [5, 5.41) is 12.3. The predicted molar refractivity (Wildman–Crippen MR) is 78.1 cm³/mol. The molecule has 6 heteroatoms. The van der Waals surface area contributed by atoms with Crippen molar-refractivity contribution in [2.45, 2.75) is 39.0 Å². The average molecular weight is 298 g/mol. The molecule has 2 amide bonds. The summed E-state index contributed by atoms with van der Waals surface area (Å²) in [5.41, 5.74) is -0.868. The first kappa shape index (κ1) is 16.1. The predicted octanol–water partition coefficient (Wildman–Crippen LogP) is 1.70. The minimum Gasteiger partial charge on any atom is -0.481 e. The van der Waals surface area contributed by atoms with Crippen LogP contribution in [0.5, 0.6) is 0 Å². The van der Waals surface area contributed by atoms with Crippen LogP contribution in [0.3, 0.4) is 0 Å². The molecular formula is C15H26N2O4. The van der Waals surface area contributed by atoms with Gasteiger partial charge >= 0.3 is 12.0 Å². The van der Waals surface area contributed by atoms with E-state index in [1.54, 1.807) is 0 Å². The third-order valence-electron chi connectivity index (χ3n) is 4.79. The molecule has 2 aliphatic rings. The van der Waals surface area contributed by atoms with Crippen LogP contribution in [-0.2, 0) is 9.53 Å². The van der Waals surface area contributed by atoms with Gasteiger partial charge in [0.2, 0.25) is 0 Å². The minimum atomic E-state index is -0.868. The molecule has 2 rings (SSSR count). The van der Waals surface area contributed by atoms with E-state index in [-0.39, 0.29) is 12.6 Å². The van der Waals surface area contributed by atoms with Crippen LogP contribution in [-0.4, -0.2) is 54.9 Å². The molecule has 2 aliphatic heterocycles. The number of carboxylic acid groups (broad SMARTS) is 1. The molecule has 2 saturated heterocycles. The van der Waals surface area contributed by atoms with E-state index >= 15 is 0 Å². The molecule has 1 unspecified atom stereocenters. The minimum absolute atomic E-state index is 0.129. The fourth-order valence-electron chi connectivity index (χ4n) is 3.05. The lowest BCUT2D eigenvalue weighted by Gasteiger charge is -2.34. The summed E-state index contributed by atoms with van der Waals surface area (Å²) in [6.07, 6.45) is 4.11. The van der Waals surface area contributed by atoms with E-state index in [9.17, 15) is 14.7 Å². The molecule has 120 valence electrons. The molecular weight excluding hydrogens is 272 g/mol. The van der Waals surface area contributed by atoms with Crippen LogP contribution < -0.4 is 5.32 Å². The molecule has 0 aromatic heterocycles. The van der Waals surface area contributed by atoms with Gasteiger partial charge in [-0.05, 0) is 38.0 Å². The molecule has 1 atom stereocenters. The van der Waals surface area contributed by atoms with E-state index < -0.39 is 11.4 Å². The molecule has 21 heavy (non-hydrogen) atoms. The van der Waals surface area contributed by atoms with Gasteiger partial charge in [0.1, 0.15) is 0 Å². The van der Waals surface area contributed by atoms with Crippen molar-refractivity contribution in [3.63, 3.8) is 0 Å². The number of carbonyl (C=O) groups is 2. The van der Waals surface area contributed by atoms with Gasteiger partial charge in [-0.3, -0.25) is 4.79 Å². The first-order chi connectivity index (χ1) is 10.0.